The van der Waals surface area contributed by atoms with Crippen LogP contribution in [-0.4, -0.2) is 31.2 Å². The first-order valence-electron chi connectivity index (χ1n) is 10.6. The summed E-state index contributed by atoms with van der Waals surface area (Å²) in [5.74, 6) is -1.68. The van der Waals surface area contributed by atoms with E-state index in [1.807, 2.05) is 13.0 Å². The fourth-order valence-corrected chi connectivity index (χ4v) is 4.58. The Balaban J connectivity index is 1.98. The second-order valence-corrected chi connectivity index (χ2v) is 10.5. The SMILES string of the molecule is Cc1ccc(S(=O)(=O)N[C@H](C(=O)OCc2ccccc2)[C@H](NC(=O)C(Cl)Cl)c2ccccc2)cc1. The lowest BCUT2D eigenvalue weighted by atomic mass is 10.00. The topological polar surface area (TPSA) is 102 Å². The summed E-state index contributed by atoms with van der Waals surface area (Å²) in [6.45, 7) is 1.73. The van der Waals surface area contributed by atoms with Crippen molar-refractivity contribution in [1.29, 1.82) is 0 Å². The van der Waals surface area contributed by atoms with Gasteiger partial charge in [0.1, 0.15) is 12.6 Å². The summed E-state index contributed by atoms with van der Waals surface area (Å²) in [4.78, 5) is 24.2. The summed E-state index contributed by atoms with van der Waals surface area (Å²) < 4.78 is 34.3. The van der Waals surface area contributed by atoms with E-state index in [-0.39, 0.29) is 11.5 Å². The minimum absolute atomic E-state index is 0.0466. The molecule has 3 aromatic carbocycles. The Morgan fingerprint density at radius 3 is 2.03 bits per heavy atom. The average molecular weight is 535 g/mol. The maximum absolute atomic E-state index is 13.3. The van der Waals surface area contributed by atoms with Crippen LogP contribution in [0.4, 0.5) is 0 Å². The lowest BCUT2D eigenvalue weighted by molar-refractivity contribution is -0.148. The lowest BCUT2D eigenvalue weighted by Gasteiger charge is -2.28. The van der Waals surface area contributed by atoms with E-state index in [0.29, 0.717) is 11.1 Å². The number of carbonyl (C=O) groups is 2. The Labute approximate surface area is 214 Å². The number of sulfonamides is 1. The molecule has 0 fully saturated rings. The van der Waals surface area contributed by atoms with E-state index in [4.69, 9.17) is 27.9 Å². The summed E-state index contributed by atoms with van der Waals surface area (Å²) in [6.07, 6.45) is 0. The standard InChI is InChI=1S/C25H24Cl2N2O5S/c1-17-12-14-20(15-13-17)35(32,33)29-22(25(31)34-16-18-8-4-2-5-9-18)21(28-24(30)23(26)27)19-10-6-3-7-11-19/h2-15,21-23,29H,16H2,1H3,(H,28,30)/t21-,22+/m1/s1. The van der Waals surface area contributed by atoms with Crippen LogP contribution in [0.3, 0.4) is 0 Å². The third-order valence-corrected chi connectivity index (χ3v) is 6.93. The second kappa shape index (κ2) is 12.2. The molecule has 35 heavy (non-hydrogen) atoms. The van der Waals surface area contributed by atoms with E-state index in [1.165, 1.54) is 12.1 Å². The molecule has 184 valence electrons. The van der Waals surface area contributed by atoms with E-state index >= 15 is 0 Å². The number of nitrogens with one attached hydrogen (secondary N) is 2. The van der Waals surface area contributed by atoms with Crippen molar-refractivity contribution in [2.24, 2.45) is 0 Å². The number of rotatable bonds is 10. The largest absolute Gasteiger partial charge is 0.460 e. The average Bonchev–Trinajstić information content (AvgIpc) is 2.86. The van der Waals surface area contributed by atoms with Gasteiger partial charge in [0, 0.05) is 0 Å². The summed E-state index contributed by atoms with van der Waals surface area (Å²) in [5, 5.41) is 2.56. The molecule has 0 aliphatic rings. The molecule has 0 aromatic heterocycles. The monoisotopic (exact) mass is 534 g/mol. The van der Waals surface area contributed by atoms with E-state index < -0.39 is 38.8 Å². The number of carbonyl (C=O) groups excluding carboxylic acids is 2. The number of alkyl halides is 2. The van der Waals surface area contributed by atoms with E-state index in [9.17, 15) is 18.0 Å². The molecule has 1 amide bonds. The van der Waals surface area contributed by atoms with Crippen LogP contribution >= 0.6 is 23.2 Å². The minimum Gasteiger partial charge on any atom is -0.460 e. The molecular formula is C25H24Cl2N2O5S. The molecule has 0 aliphatic heterocycles. The van der Waals surface area contributed by atoms with E-state index in [0.717, 1.165) is 5.56 Å². The predicted octanol–water partition coefficient (Wildman–Crippen LogP) is 4.05. The minimum atomic E-state index is -4.18. The third kappa shape index (κ3) is 7.53. The predicted molar refractivity (Wildman–Crippen MR) is 134 cm³/mol. The lowest BCUT2D eigenvalue weighted by Crippen LogP contribution is -2.51. The van der Waals surface area contributed by atoms with Gasteiger partial charge in [-0.1, -0.05) is 102 Å². The number of aryl methyl sites for hydroxylation is 1. The number of halogens is 2. The smallest absolute Gasteiger partial charge is 0.327 e. The molecule has 0 spiro atoms. The first-order chi connectivity index (χ1) is 16.7. The van der Waals surface area contributed by atoms with Crippen LogP contribution in [-0.2, 0) is 31.0 Å². The van der Waals surface area contributed by atoms with Crippen molar-refractivity contribution in [1.82, 2.24) is 10.0 Å². The van der Waals surface area contributed by atoms with Gasteiger partial charge in [0.15, 0.2) is 4.84 Å². The number of hydrogen-bond donors (Lipinski definition) is 2. The van der Waals surface area contributed by atoms with Crippen molar-refractivity contribution >= 4 is 45.1 Å². The highest BCUT2D eigenvalue weighted by Crippen LogP contribution is 2.22. The molecule has 7 nitrogen and oxygen atoms in total. The summed E-state index contributed by atoms with van der Waals surface area (Å²) in [6, 6.07) is 20.8. The van der Waals surface area contributed by atoms with Crippen LogP contribution in [0, 0.1) is 6.92 Å². The first-order valence-corrected chi connectivity index (χ1v) is 13.0. The van der Waals surface area contributed by atoms with Gasteiger partial charge in [-0.05, 0) is 30.2 Å². The van der Waals surface area contributed by atoms with Crippen LogP contribution < -0.4 is 10.0 Å². The Morgan fingerprint density at radius 1 is 0.886 bits per heavy atom. The Hall–Kier alpha value is -2.91. The van der Waals surface area contributed by atoms with Gasteiger partial charge in [-0.2, -0.15) is 4.72 Å². The van der Waals surface area contributed by atoms with Gasteiger partial charge in [0.05, 0.1) is 10.9 Å². The molecule has 2 N–H and O–H groups in total. The molecule has 0 saturated carbocycles. The Morgan fingerprint density at radius 2 is 1.46 bits per heavy atom. The highest BCUT2D eigenvalue weighted by Gasteiger charge is 2.37. The maximum atomic E-state index is 13.3. The van der Waals surface area contributed by atoms with Crippen LogP contribution in [0.2, 0.25) is 0 Å². The van der Waals surface area contributed by atoms with Gasteiger partial charge in [-0.3, -0.25) is 9.59 Å². The molecule has 0 saturated heterocycles. The zero-order chi connectivity index (χ0) is 25.4. The van der Waals surface area contributed by atoms with Crippen molar-refractivity contribution in [2.75, 3.05) is 0 Å². The van der Waals surface area contributed by atoms with Crippen LogP contribution in [0.1, 0.15) is 22.7 Å². The second-order valence-electron chi connectivity index (χ2n) is 7.70. The summed E-state index contributed by atoms with van der Waals surface area (Å²) in [5.41, 5.74) is 2.03. The fourth-order valence-electron chi connectivity index (χ4n) is 3.26. The molecule has 3 rings (SSSR count). The van der Waals surface area contributed by atoms with Gasteiger partial charge in [-0.15, -0.1) is 0 Å². The van der Waals surface area contributed by atoms with Gasteiger partial charge >= 0.3 is 5.97 Å². The van der Waals surface area contributed by atoms with Crippen LogP contribution in [0.5, 0.6) is 0 Å². The zero-order valence-electron chi connectivity index (χ0n) is 18.7. The molecule has 2 atom stereocenters. The van der Waals surface area contributed by atoms with Crippen LogP contribution in [0.25, 0.3) is 0 Å². The zero-order valence-corrected chi connectivity index (χ0v) is 21.1. The van der Waals surface area contributed by atoms with Crippen molar-refractivity contribution in [3.8, 4) is 0 Å². The Kier molecular flexibility index (Phi) is 9.28. The first kappa shape index (κ1) is 26.7. The van der Waals surface area contributed by atoms with Gasteiger partial charge in [-0.25, -0.2) is 8.42 Å². The number of esters is 1. The number of amides is 1. The third-order valence-electron chi connectivity index (χ3n) is 5.08. The van der Waals surface area contributed by atoms with Crippen LogP contribution in [0.15, 0.2) is 89.8 Å². The molecular weight excluding hydrogens is 511 g/mol. The number of benzene rings is 3. The highest BCUT2D eigenvalue weighted by molar-refractivity contribution is 7.89. The van der Waals surface area contributed by atoms with E-state index in [2.05, 4.69) is 10.0 Å². The van der Waals surface area contributed by atoms with Crippen molar-refractivity contribution in [3.05, 3.63) is 102 Å². The highest BCUT2D eigenvalue weighted by atomic mass is 35.5. The van der Waals surface area contributed by atoms with E-state index in [1.54, 1.807) is 66.7 Å². The maximum Gasteiger partial charge on any atom is 0.327 e. The number of ether oxygens (including phenoxy) is 1. The van der Waals surface area contributed by atoms with Gasteiger partial charge in [0.2, 0.25) is 10.0 Å². The molecule has 0 bridgehead atoms. The molecule has 0 radical (unpaired) electrons. The normalized spacial score (nSPS) is 13.1. The molecule has 3 aromatic rings. The number of hydrogen-bond acceptors (Lipinski definition) is 5. The van der Waals surface area contributed by atoms with Gasteiger partial charge in [0.25, 0.3) is 5.91 Å². The quantitative estimate of drug-likeness (QED) is 0.302. The van der Waals surface area contributed by atoms with Crippen molar-refractivity contribution in [3.63, 3.8) is 0 Å². The van der Waals surface area contributed by atoms with Crippen molar-refractivity contribution in [2.45, 2.75) is 35.3 Å². The molecule has 0 aliphatic carbocycles. The summed E-state index contributed by atoms with van der Waals surface area (Å²) >= 11 is 11.5. The fraction of sp³-hybridized carbons (Fsp3) is 0.200. The summed E-state index contributed by atoms with van der Waals surface area (Å²) in [7, 11) is -4.18. The Bertz CT molecular complexity index is 1240. The molecule has 10 heteroatoms. The molecule has 0 heterocycles. The van der Waals surface area contributed by atoms with Crippen molar-refractivity contribution < 1.29 is 22.7 Å². The molecule has 0 unspecified atom stereocenters. The van der Waals surface area contributed by atoms with Gasteiger partial charge < -0.3 is 10.1 Å².